The molecule has 0 saturated heterocycles. The summed E-state index contributed by atoms with van der Waals surface area (Å²) in [4.78, 5) is 2.23. The molecule has 31 heavy (non-hydrogen) atoms. The molecule has 10 heteroatoms. The smallest absolute Gasteiger partial charge is 0.335 e. The van der Waals surface area contributed by atoms with Crippen LogP contribution in [0.4, 0.5) is 14.5 Å². The van der Waals surface area contributed by atoms with E-state index in [-0.39, 0.29) is 17.8 Å². The monoisotopic (exact) mass is 463 g/mol. The van der Waals surface area contributed by atoms with E-state index in [4.69, 9.17) is 15.0 Å². The van der Waals surface area contributed by atoms with Crippen molar-refractivity contribution in [1.82, 2.24) is 9.21 Å². The van der Waals surface area contributed by atoms with E-state index in [2.05, 4.69) is 18.5 Å². The zero-order chi connectivity index (χ0) is 23.4. The highest BCUT2D eigenvalue weighted by Gasteiger charge is 2.29. The van der Waals surface area contributed by atoms with Crippen molar-refractivity contribution in [2.45, 2.75) is 50.7 Å². The molecule has 1 aliphatic carbocycles. The van der Waals surface area contributed by atoms with Gasteiger partial charge in [0.05, 0.1) is 6.10 Å². The number of nitrogens with zero attached hydrogens (tertiary/aromatic N) is 2. The minimum atomic E-state index is -4.08. The van der Waals surface area contributed by atoms with E-state index in [0.717, 1.165) is 74.7 Å². The summed E-state index contributed by atoms with van der Waals surface area (Å²) in [6.07, 6.45) is 7.43. The number of unbranched alkanes of at least 4 members (excludes halogenated alkanes) is 1. The first kappa shape index (κ1) is 27.4. The third-order valence-electron chi connectivity index (χ3n) is 5.19. The second kappa shape index (κ2) is 13.7. The minimum absolute atomic E-state index is 0.109. The third-order valence-corrected chi connectivity index (χ3v) is 6.22. The zero-order valence-electron chi connectivity index (χ0n) is 18.3. The molecule has 1 aromatic carbocycles. The highest BCUT2D eigenvalue weighted by molar-refractivity contribution is 7.83. The molecule has 1 fully saturated rings. The molecule has 0 heterocycles. The van der Waals surface area contributed by atoms with Gasteiger partial charge in [-0.05, 0) is 70.3 Å². The summed E-state index contributed by atoms with van der Waals surface area (Å²) >= 11 is 0. The molecule has 7 nitrogen and oxygen atoms in total. The van der Waals surface area contributed by atoms with Crippen molar-refractivity contribution in [2.75, 3.05) is 39.5 Å². The van der Waals surface area contributed by atoms with Crippen LogP contribution in [0, 0.1) is 11.6 Å². The van der Waals surface area contributed by atoms with Gasteiger partial charge < -0.3 is 15.4 Å². The lowest BCUT2D eigenvalue weighted by Gasteiger charge is -2.32. The highest BCUT2D eigenvalue weighted by atomic mass is 32.2. The maximum atomic E-state index is 12.1. The Morgan fingerprint density at radius 3 is 2.35 bits per heavy atom. The van der Waals surface area contributed by atoms with Crippen molar-refractivity contribution in [3.63, 3.8) is 0 Å². The first-order valence-electron chi connectivity index (χ1n) is 10.4. The van der Waals surface area contributed by atoms with Gasteiger partial charge in [0.15, 0.2) is 11.6 Å². The fraction of sp³-hybridized carbons (Fsp3) is 0.619. The molecule has 0 radical (unpaired) electrons. The average molecular weight is 464 g/mol. The topological polar surface area (TPSA) is 96.1 Å². The standard InChI is InChI=1S/C15H30N2O4S.C6H5F2N/c1-4-11-16(2)12-5-6-13-21-15-9-7-14(8-10-15)17(3)22(18,19)20;7-5-2-1-4(9)3-6(5)8/h4,14-15H,1,5-13H2,2-3H3,(H,18,19,20);1-3H,9H2. The fourth-order valence-electron chi connectivity index (χ4n) is 3.32. The van der Waals surface area contributed by atoms with E-state index in [1.54, 1.807) is 0 Å². The predicted molar refractivity (Wildman–Crippen MR) is 119 cm³/mol. The second-order valence-corrected chi connectivity index (χ2v) is 9.20. The average Bonchev–Trinajstić information content (AvgIpc) is 2.71. The maximum Gasteiger partial charge on any atom is 0.335 e. The summed E-state index contributed by atoms with van der Waals surface area (Å²) < 4.78 is 62.4. The Balaban J connectivity index is 0.000000442. The summed E-state index contributed by atoms with van der Waals surface area (Å²) in [6.45, 7) is 6.42. The van der Waals surface area contributed by atoms with Crippen LogP contribution < -0.4 is 5.73 Å². The van der Waals surface area contributed by atoms with E-state index in [1.807, 2.05) is 6.08 Å². The number of nitrogen functional groups attached to an aromatic ring is 1. The van der Waals surface area contributed by atoms with E-state index in [9.17, 15) is 17.2 Å². The zero-order valence-corrected chi connectivity index (χ0v) is 19.2. The normalized spacial score (nSPS) is 19.2. The molecule has 3 N–H and O–H groups in total. The van der Waals surface area contributed by atoms with Crippen LogP contribution in [0.1, 0.15) is 38.5 Å². The minimum Gasteiger partial charge on any atom is -0.399 e. The van der Waals surface area contributed by atoms with Gasteiger partial charge in [0.1, 0.15) is 0 Å². The van der Waals surface area contributed by atoms with E-state index in [0.29, 0.717) is 0 Å². The summed E-state index contributed by atoms with van der Waals surface area (Å²) in [6, 6.07) is 3.13. The van der Waals surface area contributed by atoms with Crippen molar-refractivity contribution in [1.29, 1.82) is 0 Å². The highest BCUT2D eigenvalue weighted by Crippen LogP contribution is 2.25. The number of hydrogen-bond acceptors (Lipinski definition) is 5. The molecule has 0 spiro atoms. The molecular formula is C21H35F2N3O4S. The van der Waals surface area contributed by atoms with Gasteiger partial charge in [-0.15, -0.1) is 6.58 Å². The molecule has 1 aromatic rings. The van der Waals surface area contributed by atoms with Crippen LogP contribution in [-0.4, -0.2) is 68.1 Å². The lowest BCUT2D eigenvalue weighted by molar-refractivity contribution is 0.0147. The summed E-state index contributed by atoms with van der Waals surface area (Å²) in [5.74, 6) is -1.78. The maximum absolute atomic E-state index is 12.1. The molecule has 0 aromatic heterocycles. The number of halogens is 2. The summed E-state index contributed by atoms with van der Waals surface area (Å²) in [7, 11) is -0.566. The fourth-order valence-corrected chi connectivity index (χ4v) is 3.91. The van der Waals surface area contributed by atoms with E-state index < -0.39 is 21.9 Å². The molecule has 2 rings (SSSR count). The van der Waals surface area contributed by atoms with Gasteiger partial charge in [-0.25, -0.2) is 8.78 Å². The van der Waals surface area contributed by atoms with Crippen molar-refractivity contribution >= 4 is 16.0 Å². The Morgan fingerprint density at radius 1 is 1.19 bits per heavy atom. The van der Waals surface area contributed by atoms with Gasteiger partial charge in [-0.3, -0.25) is 4.55 Å². The molecule has 178 valence electrons. The van der Waals surface area contributed by atoms with Crippen LogP contribution in [0.5, 0.6) is 0 Å². The predicted octanol–water partition coefficient (Wildman–Crippen LogP) is 3.49. The number of benzene rings is 1. The van der Waals surface area contributed by atoms with Crippen molar-refractivity contribution in [3.8, 4) is 0 Å². The Morgan fingerprint density at radius 2 is 1.84 bits per heavy atom. The number of rotatable bonds is 10. The Kier molecular flexibility index (Phi) is 12.2. The first-order chi connectivity index (χ1) is 14.5. The molecular weight excluding hydrogens is 428 g/mol. The SMILES string of the molecule is C=CCN(C)CCCCOC1CCC(N(C)S(=O)(=O)O)CC1.Nc1ccc(F)c(F)c1. The number of likely N-dealkylation sites (N-methyl/N-ethyl adjacent to an activating group) is 1. The van der Waals surface area contributed by atoms with Crippen molar-refractivity contribution in [3.05, 3.63) is 42.5 Å². The van der Waals surface area contributed by atoms with Crippen LogP contribution in [0.2, 0.25) is 0 Å². The Labute approximate surface area is 184 Å². The van der Waals surface area contributed by atoms with Crippen molar-refractivity contribution in [2.24, 2.45) is 0 Å². The van der Waals surface area contributed by atoms with Crippen LogP contribution in [-0.2, 0) is 15.0 Å². The quantitative estimate of drug-likeness (QED) is 0.239. The van der Waals surface area contributed by atoms with Crippen molar-refractivity contribution < 1.29 is 26.5 Å². The molecule has 1 aliphatic rings. The molecule has 0 unspecified atom stereocenters. The number of anilines is 1. The van der Waals surface area contributed by atoms with Gasteiger partial charge in [-0.1, -0.05) is 6.08 Å². The third kappa shape index (κ3) is 11.0. The molecule has 0 amide bonds. The summed E-state index contributed by atoms with van der Waals surface area (Å²) in [5, 5.41) is 0. The largest absolute Gasteiger partial charge is 0.399 e. The van der Waals surface area contributed by atoms with Crippen LogP contribution >= 0.6 is 0 Å². The molecule has 0 aliphatic heterocycles. The van der Waals surface area contributed by atoms with E-state index in [1.165, 1.54) is 13.1 Å². The number of nitrogens with two attached hydrogens (primary N) is 1. The summed E-state index contributed by atoms with van der Waals surface area (Å²) in [5.41, 5.74) is 5.35. The van der Waals surface area contributed by atoms with Gasteiger partial charge >= 0.3 is 10.3 Å². The van der Waals surface area contributed by atoms with Crippen LogP contribution in [0.15, 0.2) is 30.9 Å². The van der Waals surface area contributed by atoms with Gasteiger partial charge in [-0.2, -0.15) is 12.7 Å². The first-order valence-corrected chi connectivity index (χ1v) is 11.8. The Hall–Kier alpha value is -1.59. The molecule has 0 bridgehead atoms. The number of ether oxygens (including phenoxy) is 1. The molecule has 1 saturated carbocycles. The second-order valence-electron chi connectivity index (χ2n) is 7.73. The Bertz CT molecular complexity index is 772. The number of hydrogen-bond donors (Lipinski definition) is 2. The van der Waals surface area contributed by atoms with Gasteiger partial charge in [0.25, 0.3) is 0 Å². The van der Waals surface area contributed by atoms with Gasteiger partial charge in [0, 0.05) is 31.9 Å². The van der Waals surface area contributed by atoms with E-state index >= 15 is 0 Å². The van der Waals surface area contributed by atoms with Crippen LogP contribution in [0.25, 0.3) is 0 Å². The van der Waals surface area contributed by atoms with Crippen LogP contribution in [0.3, 0.4) is 0 Å². The lowest BCUT2D eigenvalue weighted by Crippen LogP contribution is -2.40. The molecule has 0 atom stereocenters. The van der Waals surface area contributed by atoms with Gasteiger partial charge in [0.2, 0.25) is 0 Å². The lowest BCUT2D eigenvalue weighted by atomic mass is 9.93.